The van der Waals surface area contributed by atoms with Crippen LogP contribution < -0.4 is 4.74 Å². The van der Waals surface area contributed by atoms with Gasteiger partial charge in [0.25, 0.3) is 5.91 Å². The highest BCUT2D eigenvalue weighted by molar-refractivity contribution is 7.15. The van der Waals surface area contributed by atoms with Gasteiger partial charge in [-0.25, -0.2) is 4.98 Å². The zero-order valence-corrected chi connectivity index (χ0v) is 17.4. The number of hydrogen-bond acceptors (Lipinski definition) is 5. The Bertz CT molecular complexity index is 1170. The van der Waals surface area contributed by atoms with Crippen LogP contribution in [-0.2, 0) is 4.74 Å². The van der Waals surface area contributed by atoms with Crippen molar-refractivity contribution >= 4 is 22.2 Å². The first-order chi connectivity index (χ1) is 14.7. The molecule has 0 N–H and O–H groups in total. The van der Waals surface area contributed by atoms with Gasteiger partial charge in [0, 0.05) is 35.8 Å². The minimum absolute atomic E-state index is 0.0532. The Morgan fingerprint density at radius 3 is 2.43 bits per heavy atom. The van der Waals surface area contributed by atoms with Crippen molar-refractivity contribution in [2.24, 2.45) is 0 Å². The Balaban J connectivity index is 1.41. The molecule has 0 spiro atoms. The van der Waals surface area contributed by atoms with Gasteiger partial charge in [-0.05, 0) is 42.0 Å². The second kappa shape index (κ2) is 7.93. The van der Waals surface area contributed by atoms with Crippen molar-refractivity contribution in [2.45, 2.75) is 0 Å². The van der Waals surface area contributed by atoms with E-state index in [-0.39, 0.29) is 5.91 Å². The SMILES string of the molecule is COc1ccc(-c2csc3nc(-c4ccc(C(=O)N5CCOCC5)cc4)cn23)cc1. The molecule has 0 aliphatic carbocycles. The normalized spacial score (nSPS) is 14.2. The van der Waals surface area contributed by atoms with Gasteiger partial charge >= 0.3 is 0 Å². The molecule has 1 fully saturated rings. The summed E-state index contributed by atoms with van der Waals surface area (Å²) in [6, 6.07) is 15.7. The number of nitrogens with zero attached hydrogens (tertiary/aromatic N) is 3. The highest BCUT2D eigenvalue weighted by atomic mass is 32.1. The fourth-order valence-electron chi connectivity index (χ4n) is 3.62. The second-order valence-corrected chi connectivity index (χ2v) is 7.95. The molecule has 7 heteroatoms. The lowest BCUT2D eigenvalue weighted by atomic mass is 10.1. The first-order valence-corrected chi connectivity index (χ1v) is 10.7. The number of carbonyl (C=O) groups excluding carboxylic acids is 1. The molecule has 1 saturated heterocycles. The average Bonchev–Trinajstić information content (AvgIpc) is 3.40. The lowest BCUT2D eigenvalue weighted by Gasteiger charge is -2.26. The van der Waals surface area contributed by atoms with Crippen molar-refractivity contribution in [3.63, 3.8) is 0 Å². The Morgan fingerprint density at radius 2 is 1.73 bits per heavy atom. The molecule has 1 amide bonds. The van der Waals surface area contributed by atoms with E-state index in [1.54, 1.807) is 18.4 Å². The summed E-state index contributed by atoms with van der Waals surface area (Å²) in [7, 11) is 1.67. The zero-order chi connectivity index (χ0) is 20.5. The Labute approximate surface area is 178 Å². The quantitative estimate of drug-likeness (QED) is 0.497. The fourth-order valence-corrected chi connectivity index (χ4v) is 4.51. The lowest BCUT2D eigenvalue weighted by Crippen LogP contribution is -2.40. The van der Waals surface area contributed by atoms with Gasteiger partial charge in [-0.15, -0.1) is 11.3 Å². The molecule has 1 aliphatic heterocycles. The minimum Gasteiger partial charge on any atom is -0.497 e. The molecule has 0 atom stereocenters. The van der Waals surface area contributed by atoms with Crippen molar-refractivity contribution in [3.8, 4) is 28.3 Å². The van der Waals surface area contributed by atoms with E-state index < -0.39 is 0 Å². The molecule has 2 aromatic heterocycles. The number of methoxy groups -OCH3 is 1. The summed E-state index contributed by atoms with van der Waals surface area (Å²) in [5.74, 6) is 0.890. The van der Waals surface area contributed by atoms with Gasteiger partial charge in [0.2, 0.25) is 0 Å². The fraction of sp³-hybridized carbons (Fsp3) is 0.217. The molecule has 3 heterocycles. The number of thiazole rings is 1. The predicted molar refractivity (Wildman–Crippen MR) is 117 cm³/mol. The zero-order valence-electron chi connectivity index (χ0n) is 16.6. The third-order valence-electron chi connectivity index (χ3n) is 5.32. The molecule has 0 saturated carbocycles. The molecule has 1 aliphatic rings. The van der Waals surface area contributed by atoms with E-state index in [0.29, 0.717) is 31.9 Å². The Morgan fingerprint density at radius 1 is 1.03 bits per heavy atom. The largest absolute Gasteiger partial charge is 0.497 e. The van der Waals surface area contributed by atoms with Gasteiger partial charge in [0.1, 0.15) is 5.75 Å². The number of rotatable bonds is 4. The van der Waals surface area contributed by atoms with E-state index in [1.807, 2.05) is 59.6 Å². The number of fused-ring (bicyclic) bond motifs is 1. The van der Waals surface area contributed by atoms with Crippen LogP contribution in [0.4, 0.5) is 0 Å². The van der Waals surface area contributed by atoms with Crippen LogP contribution in [0.5, 0.6) is 5.75 Å². The Hall–Kier alpha value is -3.16. The van der Waals surface area contributed by atoms with E-state index in [4.69, 9.17) is 14.5 Å². The smallest absolute Gasteiger partial charge is 0.254 e. The van der Waals surface area contributed by atoms with E-state index in [1.165, 1.54) is 0 Å². The van der Waals surface area contributed by atoms with Gasteiger partial charge in [0.15, 0.2) is 4.96 Å². The number of aromatic nitrogens is 2. The summed E-state index contributed by atoms with van der Waals surface area (Å²) < 4.78 is 12.7. The van der Waals surface area contributed by atoms with Crippen LogP contribution in [-0.4, -0.2) is 53.6 Å². The number of hydrogen-bond donors (Lipinski definition) is 0. The van der Waals surface area contributed by atoms with Crippen LogP contribution in [0.15, 0.2) is 60.1 Å². The summed E-state index contributed by atoms with van der Waals surface area (Å²) in [5.41, 5.74) is 4.78. The van der Waals surface area contributed by atoms with Gasteiger partial charge in [-0.1, -0.05) is 12.1 Å². The molecule has 0 radical (unpaired) electrons. The molecule has 30 heavy (non-hydrogen) atoms. The molecule has 0 unspecified atom stereocenters. The monoisotopic (exact) mass is 419 g/mol. The first-order valence-electron chi connectivity index (χ1n) is 9.81. The lowest BCUT2D eigenvalue weighted by molar-refractivity contribution is 0.0303. The maximum atomic E-state index is 12.6. The maximum absolute atomic E-state index is 12.6. The summed E-state index contributed by atoms with van der Waals surface area (Å²) in [6.07, 6.45) is 2.05. The van der Waals surface area contributed by atoms with E-state index in [2.05, 4.69) is 9.78 Å². The molecular formula is C23H21N3O3S. The third kappa shape index (κ3) is 3.46. The number of amides is 1. The maximum Gasteiger partial charge on any atom is 0.254 e. The number of benzene rings is 2. The van der Waals surface area contributed by atoms with Crippen molar-refractivity contribution in [1.29, 1.82) is 0 Å². The number of morpholine rings is 1. The van der Waals surface area contributed by atoms with Crippen LogP contribution in [0.1, 0.15) is 10.4 Å². The molecule has 152 valence electrons. The molecule has 2 aromatic carbocycles. The van der Waals surface area contributed by atoms with Gasteiger partial charge < -0.3 is 14.4 Å². The second-order valence-electron chi connectivity index (χ2n) is 7.11. The highest BCUT2D eigenvalue weighted by Gasteiger charge is 2.18. The molecular weight excluding hydrogens is 398 g/mol. The van der Waals surface area contributed by atoms with Gasteiger partial charge in [-0.3, -0.25) is 9.20 Å². The van der Waals surface area contributed by atoms with Gasteiger partial charge in [-0.2, -0.15) is 0 Å². The number of carbonyl (C=O) groups is 1. The summed E-state index contributed by atoms with van der Waals surface area (Å²) >= 11 is 1.61. The van der Waals surface area contributed by atoms with Gasteiger partial charge in [0.05, 0.1) is 31.7 Å². The van der Waals surface area contributed by atoms with Crippen molar-refractivity contribution in [1.82, 2.24) is 14.3 Å². The summed E-state index contributed by atoms with van der Waals surface area (Å²) in [5, 5.41) is 2.11. The van der Waals surface area contributed by atoms with Crippen LogP contribution >= 0.6 is 11.3 Å². The van der Waals surface area contributed by atoms with Crippen LogP contribution in [0.2, 0.25) is 0 Å². The average molecular weight is 420 g/mol. The molecule has 6 nitrogen and oxygen atoms in total. The predicted octanol–water partition coefficient (Wildman–Crippen LogP) is 4.21. The summed E-state index contributed by atoms with van der Waals surface area (Å²) in [4.78, 5) is 20.2. The van der Waals surface area contributed by atoms with E-state index in [0.717, 1.165) is 33.2 Å². The van der Waals surface area contributed by atoms with Crippen molar-refractivity contribution in [2.75, 3.05) is 33.4 Å². The minimum atomic E-state index is 0.0532. The van der Waals surface area contributed by atoms with Crippen molar-refractivity contribution in [3.05, 3.63) is 65.7 Å². The molecule has 5 rings (SSSR count). The Kier molecular flexibility index (Phi) is 4.98. The highest BCUT2D eigenvalue weighted by Crippen LogP contribution is 2.30. The van der Waals surface area contributed by atoms with Crippen LogP contribution in [0, 0.1) is 0 Å². The van der Waals surface area contributed by atoms with Crippen LogP contribution in [0.25, 0.3) is 27.5 Å². The molecule has 0 bridgehead atoms. The first kappa shape index (κ1) is 18.8. The topological polar surface area (TPSA) is 56.1 Å². The number of ether oxygens (including phenoxy) is 2. The van der Waals surface area contributed by atoms with Crippen molar-refractivity contribution < 1.29 is 14.3 Å². The number of imidazole rings is 1. The summed E-state index contributed by atoms with van der Waals surface area (Å²) in [6.45, 7) is 2.50. The third-order valence-corrected chi connectivity index (χ3v) is 6.16. The van der Waals surface area contributed by atoms with E-state index in [9.17, 15) is 4.79 Å². The van der Waals surface area contributed by atoms with Crippen LogP contribution in [0.3, 0.4) is 0 Å². The standard InChI is InChI=1S/C23H21N3O3S/c1-28-19-8-6-17(7-9-19)21-15-30-23-24-20(14-26(21)23)16-2-4-18(5-3-16)22(27)25-10-12-29-13-11-25/h2-9,14-15H,10-13H2,1H3. The van der Waals surface area contributed by atoms with E-state index >= 15 is 0 Å². The molecule has 4 aromatic rings.